The predicted molar refractivity (Wildman–Crippen MR) is 110 cm³/mol. The molecule has 6 nitrogen and oxygen atoms in total. The van der Waals surface area contributed by atoms with E-state index in [4.69, 9.17) is 28.4 Å². The van der Waals surface area contributed by atoms with E-state index >= 15 is 0 Å². The van der Waals surface area contributed by atoms with Gasteiger partial charge < -0.3 is 28.4 Å². The van der Waals surface area contributed by atoms with Gasteiger partial charge in [0.15, 0.2) is 23.0 Å². The Bertz CT molecular complexity index is 711. The lowest BCUT2D eigenvalue weighted by Crippen LogP contribution is -2.07. The molecule has 2 aromatic rings. The summed E-state index contributed by atoms with van der Waals surface area (Å²) in [6.07, 6.45) is 0. The van der Waals surface area contributed by atoms with Crippen LogP contribution in [0.1, 0.15) is 41.5 Å². The van der Waals surface area contributed by atoms with Crippen LogP contribution in [0.15, 0.2) is 6.07 Å². The van der Waals surface area contributed by atoms with Gasteiger partial charge in [-0.3, -0.25) is 0 Å². The Balaban J connectivity index is 2.94. The summed E-state index contributed by atoms with van der Waals surface area (Å²) in [6, 6.07) is 5.19. The minimum Gasteiger partial charge on any atom is -0.490 e. The molecule has 0 aliphatic rings. The zero-order valence-corrected chi connectivity index (χ0v) is 17.8. The fourth-order valence-electron chi connectivity index (χ4n) is 2.97. The highest BCUT2D eigenvalue weighted by atomic mass is 16.6. The van der Waals surface area contributed by atoms with Crippen LogP contribution >= 0.6 is 0 Å². The number of hydrogen-bond donors (Lipinski definition) is 0. The van der Waals surface area contributed by atoms with Crippen molar-refractivity contribution in [2.45, 2.75) is 41.5 Å². The van der Waals surface area contributed by atoms with Crippen molar-refractivity contribution in [1.29, 1.82) is 0 Å². The van der Waals surface area contributed by atoms with E-state index in [0.717, 1.165) is 10.8 Å². The summed E-state index contributed by atoms with van der Waals surface area (Å²) in [4.78, 5) is 0. The second-order valence-corrected chi connectivity index (χ2v) is 5.67. The zero-order valence-electron chi connectivity index (χ0n) is 17.8. The van der Waals surface area contributed by atoms with Crippen LogP contribution in [-0.2, 0) is 0 Å². The third-order valence-electron chi connectivity index (χ3n) is 3.83. The normalized spacial score (nSPS) is 10.6. The summed E-state index contributed by atoms with van der Waals surface area (Å²) < 4.78 is 35.4. The monoisotopic (exact) mass is 391 g/mol. The summed E-state index contributed by atoms with van der Waals surface area (Å²) in [5, 5.41) is 1.49. The summed E-state index contributed by atoms with van der Waals surface area (Å²) in [6.45, 7) is 14.4. The lowest BCUT2D eigenvalue weighted by atomic mass is 10.0. The van der Waals surface area contributed by atoms with Crippen LogP contribution in [0.5, 0.6) is 34.5 Å². The van der Waals surface area contributed by atoms with Crippen molar-refractivity contribution in [3.05, 3.63) is 12.1 Å². The largest absolute Gasteiger partial charge is 0.490 e. The van der Waals surface area contributed by atoms with Gasteiger partial charge in [0, 0.05) is 11.5 Å². The third kappa shape index (κ3) is 4.49. The molecule has 0 saturated heterocycles. The molecule has 0 spiro atoms. The van der Waals surface area contributed by atoms with Crippen LogP contribution in [0, 0.1) is 6.07 Å². The molecule has 0 bridgehead atoms. The Morgan fingerprint density at radius 3 is 1.57 bits per heavy atom. The average molecular weight is 391 g/mol. The second-order valence-electron chi connectivity index (χ2n) is 5.67. The van der Waals surface area contributed by atoms with E-state index in [2.05, 4.69) is 6.07 Å². The Morgan fingerprint density at radius 1 is 0.571 bits per heavy atom. The van der Waals surface area contributed by atoms with Gasteiger partial charge in [0.1, 0.15) is 0 Å². The van der Waals surface area contributed by atoms with Gasteiger partial charge >= 0.3 is 0 Å². The molecule has 0 atom stereocenters. The van der Waals surface area contributed by atoms with E-state index in [1.165, 1.54) is 0 Å². The molecule has 2 rings (SSSR count). The van der Waals surface area contributed by atoms with Gasteiger partial charge in [0.2, 0.25) is 11.5 Å². The number of hydrogen-bond acceptors (Lipinski definition) is 6. The first-order valence-electron chi connectivity index (χ1n) is 10.0. The summed E-state index contributed by atoms with van der Waals surface area (Å²) in [5.74, 6) is 3.31. The molecule has 0 aromatic heterocycles. The van der Waals surface area contributed by atoms with Gasteiger partial charge in [-0.2, -0.15) is 0 Å². The lowest BCUT2D eigenvalue weighted by molar-refractivity contribution is 0.256. The SMILES string of the molecule is CCOc1[c]c2cc(OCC)c(OCC)c(OCC)c2c(OCC)c1OCC. The van der Waals surface area contributed by atoms with Crippen LogP contribution < -0.4 is 28.4 Å². The van der Waals surface area contributed by atoms with Crippen molar-refractivity contribution in [3.8, 4) is 34.5 Å². The fraction of sp³-hybridized carbons (Fsp3) is 0.545. The van der Waals surface area contributed by atoms with Crippen molar-refractivity contribution in [2.75, 3.05) is 39.6 Å². The van der Waals surface area contributed by atoms with Crippen LogP contribution in [-0.4, -0.2) is 39.6 Å². The predicted octanol–water partition coefficient (Wildman–Crippen LogP) is 5.03. The van der Waals surface area contributed by atoms with Gasteiger partial charge in [-0.1, -0.05) is 0 Å². The van der Waals surface area contributed by atoms with Crippen LogP contribution in [0.4, 0.5) is 0 Å². The Labute approximate surface area is 167 Å². The molecule has 0 N–H and O–H groups in total. The fourth-order valence-corrected chi connectivity index (χ4v) is 2.97. The summed E-state index contributed by atoms with van der Waals surface area (Å²) >= 11 is 0. The second kappa shape index (κ2) is 10.7. The molecule has 6 heteroatoms. The van der Waals surface area contributed by atoms with Crippen molar-refractivity contribution in [1.82, 2.24) is 0 Å². The summed E-state index contributed by atoms with van der Waals surface area (Å²) in [7, 11) is 0. The standard InChI is InChI=1S/C22H31O6/c1-7-23-16-13-15-14-17(24-8-2)20(26-10-4)22(28-12-6)18(15)21(27-11-5)19(16)25-9-3/h13H,7-12H2,1-6H3. The first-order chi connectivity index (χ1) is 13.7. The number of benzene rings is 2. The molecule has 0 aliphatic carbocycles. The van der Waals surface area contributed by atoms with Gasteiger partial charge in [-0.15, -0.1) is 0 Å². The minimum absolute atomic E-state index is 0.466. The van der Waals surface area contributed by atoms with Crippen molar-refractivity contribution < 1.29 is 28.4 Å². The Morgan fingerprint density at radius 2 is 1.04 bits per heavy atom. The molecule has 0 saturated carbocycles. The van der Waals surface area contributed by atoms with Crippen LogP contribution in [0.2, 0.25) is 0 Å². The van der Waals surface area contributed by atoms with E-state index in [-0.39, 0.29) is 0 Å². The van der Waals surface area contributed by atoms with Crippen LogP contribution in [0.25, 0.3) is 10.8 Å². The van der Waals surface area contributed by atoms with Gasteiger partial charge in [0.25, 0.3) is 0 Å². The van der Waals surface area contributed by atoms with Crippen molar-refractivity contribution in [2.24, 2.45) is 0 Å². The number of ether oxygens (including phenoxy) is 6. The van der Waals surface area contributed by atoms with E-state index in [9.17, 15) is 0 Å². The van der Waals surface area contributed by atoms with Crippen molar-refractivity contribution in [3.63, 3.8) is 0 Å². The highest BCUT2D eigenvalue weighted by molar-refractivity contribution is 6.00. The summed E-state index contributed by atoms with van der Waals surface area (Å²) in [5.41, 5.74) is 0. The molecule has 28 heavy (non-hydrogen) atoms. The molecule has 0 unspecified atom stereocenters. The maximum absolute atomic E-state index is 6.01. The molecule has 155 valence electrons. The van der Waals surface area contributed by atoms with E-state index in [0.29, 0.717) is 74.1 Å². The van der Waals surface area contributed by atoms with E-state index in [1.807, 2.05) is 47.6 Å². The quantitative estimate of drug-likeness (QED) is 0.506. The average Bonchev–Trinajstić information content (AvgIpc) is 2.67. The maximum Gasteiger partial charge on any atom is 0.205 e. The zero-order chi connectivity index (χ0) is 20.5. The van der Waals surface area contributed by atoms with E-state index in [1.54, 1.807) is 0 Å². The molecule has 2 aromatic carbocycles. The third-order valence-corrected chi connectivity index (χ3v) is 3.83. The Hall–Kier alpha value is -2.50. The first-order valence-corrected chi connectivity index (χ1v) is 10.0. The van der Waals surface area contributed by atoms with Gasteiger partial charge in [-0.05, 0) is 47.6 Å². The molecule has 1 radical (unpaired) electrons. The number of fused-ring (bicyclic) bond motifs is 1. The van der Waals surface area contributed by atoms with Crippen molar-refractivity contribution >= 4 is 10.8 Å². The minimum atomic E-state index is 0.466. The molecule has 0 aliphatic heterocycles. The molecule has 0 fully saturated rings. The highest BCUT2D eigenvalue weighted by Crippen LogP contribution is 2.52. The number of rotatable bonds is 12. The van der Waals surface area contributed by atoms with E-state index < -0.39 is 0 Å². The first kappa shape index (κ1) is 21.8. The molecular formula is C22H31O6. The molecular weight excluding hydrogens is 360 g/mol. The van der Waals surface area contributed by atoms with Gasteiger partial charge in [-0.25, -0.2) is 0 Å². The molecule has 0 amide bonds. The maximum atomic E-state index is 6.01. The van der Waals surface area contributed by atoms with Gasteiger partial charge in [0.05, 0.1) is 45.0 Å². The molecule has 0 heterocycles. The Kier molecular flexibility index (Phi) is 8.36. The smallest absolute Gasteiger partial charge is 0.205 e. The highest BCUT2D eigenvalue weighted by Gasteiger charge is 2.26. The lowest BCUT2D eigenvalue weighted by Gasteiger charge is -2.22. The van der Waals surface area contributed by atoms with Crippen LogP contribution in [0.3, 0.4) is 0 Å². The topological polar surface area (TPSA) is 55.4 Å².